The van der Waals surface area contributed by atoms with Crippen LogP contribution in [0.3, 0.4) is 0 Å². The highest BCUT2D eigenvalue weighted by Crippen LogP contribution is 2.30. The summed E-state index contributed by atoms with van der Waals surface area (Å²) in [5.41, 5.74) is 1.11. The zero-order valence-corrected chi connectivity index (χ0v) is 12.9. The lowest BCUT2D eigenvalue weighted by Gasteiger charge is -2.40. The molecule has 0 amide bonds. The second-order valence-corrected chi connectivity index (χ2v) is 7.67. The lowest BCUT2D eigenvalue weighted by molar-refractivity contribution is -0.138. The van der Waals surface area contributed by atoms with Gasteiger partial charge >= 0.3 is 5.97 Å². The van der Waals surface area contributed by atoms with E-state index in [-0.39, 0.29) is 24.0 Å². The average Bonchev–Trinajstić information content (AvgIpc) is 2.42. The Morgan fingerprint density at radius 2 is 2.05 bits per heavy atom. The number of hydrogen-bond donors (Lipinski definition) is 1. The second kappa shape index (κ2) is 6.58. The van der Waals surface area contributed by atoms with E-state index in [1.54, 1.807) is 0 Å². The Morgan fingerprint density at radius 3 is 2.62 bits per heavy atom. The SMILES string of the molecule is CCC(c1ccccc1)N1CCS(=O)(=O)CC1CC(=O)O. The van der Waals surface area contributed by atoms with Gasteiger partial charge in [0.15, 0.2) is 9.84 Å². The first-order valence-electron chi connectivity index (χ1n) is 7.16. The van der Waals surface area contributed by atoms with Gasteiger partial charge in [0, 0.05) is 18.6 Å². The van der Waals surface area contributed by atoms with E-state index in [1.807, 2.05) is 42.2 Å². The summed E-state index contributed by atoms with van der Waals surface area (Å²) in [6.07, 6.45) is 0.683. The van der Waals surface area contributed by atoms with Gasteiger partial charge < -0.3 is 5.11 Å². The van der Waals surface area contributed by atoms with Gasteiger partial charge in [-0.15, -0.1) is 0 Å². The van der Waals surface area contributed by atoms with Gasteiger partial charge in [0.05, 0.1) is 17.9 Å². The molecule has 1 heterocycles. The number of carboxylic acids is 1. The van der Waals surface area contributed by atoms with Gasteiger partial charge in [-0.2, -0.15) is 0 Å². The van der Waals surface area contributed by atoms with Gasteiger partial charge in [-0.1, -0.05) is 37.3 Å². The zero-order chi connectivity index (χ0) is 15.5. The molecule has 0 radical (unpaired) electrons. The van der Waals surface area contributed by atoms with Crippen molar-refractivity contribution in [1.82, 2.24) is 4.90 Å². The van der Waals surface area contributed by atoms with E-state index >= 15 is 0 Å². The fraction of sp³-hybridized carbons (Fsp3) is 0.533. The summed E-state index contributed by atoms with van der Waals surface area (Å²) in [5.74, 6) is -0.917. The fourth-order valence-corrected chi connectivity index (χ4v) is 4.58. The molecule has 5 nitrogen and oxygen atoms in total. The second-order valence-electron chi connectivity index (χ2n) is 5.44. The number of sulfone groups is 1. The smallest absolute Gasteiger partial charge is 0.304 e. The summed E-state index contributed by atoms with van der Waals surface area (Å²) in [4.78, 5) is 13.1. The average molecular weight is 311 g/mol. The van der Waals surface area contributed by atoms with Crippen LogP contribution in [0.1, 0.15) is 31.4 Å². The van der Waals surface area contributed by atoms with Crippen LogP contribution < -0.4 is 0 Å². The van der Waals surface area contributed by atoms with Crippen LogP contribution in [0.25, 0.3) is 0 Å². The highest BCUT2D eigenvalue weighted by atomic mass is 32.2. The zero-order valence-electron chi connectivity index (χ0n) is 12.1. The molecule has 1 saturated heterocycles. The van der Waals surface area contributed by atoms with Crippen LogP contribution in [-0.4, -0.2) is 48.5 Å². The molecule has 1 aromatic rings. The van der Waals surface area contributed by atoms with E-state index in [0.717, 1.165) is 12.0 Å². The van der Waals surface area contributed by atoms with Crippen molar-refractivity contribution in [3.63, 3.8) is 0 Å². The third-order valence-electron chi connectivity index (χ3n) is 3.96. The quantitative estimate of drug-likeness (QED) is 0.896. The van der Waals surface area contributed by atoms with Crippen molar-refractivity contribution in [3.8, 4) is 0 Å². The molecule has 1 aliphatic heterocycles. The Hall–Kier alpha value is -1.40. The predicted molar refractivity (Wildman–Crippen MR) is 80.9 cm³/mol. The first-order valence-corrected chi connectivity index (χ1v) is 8.98. The molecular weight excluding hydrogens is 290 g/mol. The topological polar surface area (TPSA) is 74.7 Å². The number of rotatable bonds is 5. The van der Waals surface area contributed by atoms with Crippen molar-refractivity contribution in [3.05, 3.63) is 35.9 Å². The molecule has 2 unspecified atom stereocenters. The monoisotopic (exact) mass is 311 g/mol. The third-order valence-corrected chi connectivity index (χ3v) is 5.65. The molecule has 1 aliphatic rings. The van der Waals surface area contributed by atoms with E-state index in [2.05, 4.69) is 0 Å². The number of benzene rings is 1. The summed E-state index contributed by atoms with van der Waals surface area (Å²) in [6, 6.07) is 9.46. The normalized spacial score (nSPS) is 23.6. The van der Waals surface area contributed by atoms with Crippen LogP contribution >= 0.6 is 0 Å². The molecule has 1 N–H and O–H groups in total. The van der Waals surface area contributed by atoms with E-state index in [9.17, 15) is 13.2 Å². The minimum atomic E-state index is -3.14. The lowest BCUT2D eigenvalue weighted by atomic mass is 10.00. The Labute approximate surface area is 125 Å². The highest BCUT2D eigenvalue weighted by Gasteiger charge is 2.36. The first-order chi connectivity index (χ1) is 9.93. The summed E-state index contributed by atoms with van der Waals surface area (Å²) in [7, 11) is -3.14. The van der Waals surface area contributed by atoms with Crippen molar-refractivity contribution in [2.45, 2.75) is 31.8 Å². The van der Waals surface area contributed by atoms with Crippen molar-refractivity contribution in [1.29, 1.82) is 0 Å². The number of carbonyl (C=O) groups is 1. The largest absolute Gasteiger partial charge is 0.481 e. The molecule has 1 aromatic carbocycles. The molecule has 0 spiro atoms. The molecule has 0 saturated carbocycles. The van der Waals surface area contributed by atoms with Gasteiger partial charge in [-0.05, 0) is 12.0 Å². The van der Waals surface area contributed by atoms with Gasteiger partial charge in [0.25, 0.3) is 0 Å². The number of nitrogens with zero attached hydrogens (tertiary/aromatic N) is 1. The Balaban J connectivity index is 2.27. The maximum absolute atomic E-state index is 11.8. The maximum atomic E-state index is 11.8. The Morgan fingerprint density at radius 1 is 1.38 bits per heavy atom. The predicted octanol–water partition coefficient (Wildman–Crippen LogP) is 1.71. The Bertz CT molecular complexity index is 585. The van der Waals surface area contributed by atoms with E-state index in [0.29, 0.717) is 6.54 Å². The molecular formula is C15H21NO4S. The van der Waals surface area contributed by atoms with Crippen LogP contribution in [0.4, 0.5) is 0 Å². The Kier molecular flexibility index (Phi) is 5.00. The molecule has 0 aliphatic carbocycles. The first kappa shape index (κ1) is 16.0. The van der Waals surface area contributed by atoms with Crippen LogP contribution in [0.15, 0.2) is 30.3 Å². The molecule has 21 heavy (non-hydrogen) atoms. The molecule has 2 rings (SSSR count). The number of hydrogen-bond acceptors (Lipinski definition) is 4. The highest BCUT2D eigenvalue weighted by molar-refractivity contribution is 7.91. The lowest BCUT2D eigenvalue weighted by Crippen LogP contribution is -2.50. The molecule has 116 valence electrons. The summed E-state index contributed by atoms with van der Waals surface area (Å²) < 4.78 is 23.6. The van der Waals surface area contributed by atoms with Crippen molar-refractivity contribution in [2.24, 2.45) is 0 Å². The van der Waals surface area contributed by atoms with Crippen molar-refractivity contribution in [2.75, 3.05) is 18.1 Å². The summed E-state index contributed by atoms with van der Waals surface area (Å²) in [6.45, 7) is 2.44. The molecule has 1 fully saturated rings. The van der Waals surface area contributed by atoms with E-state index in [4.69, 9.17) is 5.11 Å². The molecule has 2 atom stereocenters. The van der Waals surface area contributed by atoms with Crippen LogP contribution in [0.5, 0.6) is 0 Å². The van der Waals surface area contributed by atoms with Gasteiger partial charge in [-0.25, -0.2) is 8.42 Å². The standard InChI is InChI=1S/C15H21NO4S/c1-2-14(12-6-4-3-5-7-12)16-8-9-21(19,20)11-13(16)10-15(17)18/h3-7,13-14H,2,8-11H2,1H3,(H,17,18). The van der Waals surface area contributed by atoms with E-state index < -0.39 is 21.8 Å². The van der Waals surface area contributed by atoms with Gasteiger partial charge in [0.2, 0.25) is 0 Å². The molecule has 0 bridgehead atoms. The minimum Gasteiger partial charge on any atom is -0.481 e. The van der Waals surface area contributed by atoms with Gasteiger partial charge in [-0.3, -0.25) is 9.69 Å². The van der Waals surface area contributed by atoms with Crippen molar-refractivity contribution >= 4 is 15.8 Å². The molecule has 6 heteroatoms. The third kappa shape index (κ3) is 4.04. The molecule has 0 aromatic heterocycles. The van der Waals surface area contributed by atoms with E-state index in [1.165, 1.54) is 0 Å². The van der Waals surface area contributed by atoms with Crippen LogP contribution in [0.2, 0.25) is 0 Å². The number of aliphatic carboxylic acids is 1. The maximum Gasteiger partial charge on any atom is 0.304 e. The van der Waals surface area contributed by atoms with Crippen LogP contribution in [-0.2, 0) is 14.6 Å². The fourth-order valence-electron chi connectivity index (χ4n) is 3.02. The summed E-state index contributed by atoms with van der Waals surface area (Å²) >= 11 is 0. The number of carboxylic acid groups (broad SMARTS) is 1. The van der Waals surface area contributed by atoms with Crippen LogP contribution in [0, 0.1) is 0 Å². The van der Waals surface area contributed by atoms with Crippen molar-refractivity contribution < 1.29 is 18.3 Å². The minimum absolute atomic E-state index is 0.0612. The van der Waals surface area contributed by atoms with Gasteiger partial charge in [0.1, 0.15) is 0 Å². The summed E-state index contributed by atoms with van der Waals surface area (Å²) in [5, 5.41) is 9.06.